The molecule has 2 amide bonds. The van der Waals surface area contributed by atoms with E-state index in [1.165, 1.54) is 4.90 Å². The first-order valence-corrected chi connectivity index (χ1v) is 6.65. The third-order valence-corrected chi connectivity index (χ3v) is 3.20. The normalized spacial score (nSPS) is 18.4. The van der Waals surface area contributed by atoms with Crippen LogP contribution in [0.1, 0.15) is 49.2 Å². The molecule has 0 radical (unpaired) electrons. The second-order valence-electron chi connectivity index (χ2n) is 5.10. The molecule has 1 aromatic heterocycles. The molecule has 1 aromatic rings. The fourth-order valence-electron chi connectivity index (χ4n) is 2.14. The van der Waals surface area contributed by atoms with Gasteiger partial charge >= 0.3 is 0 Å². The lowest BCUT2D eigenvalue weighted by Crippen LogP contribution is -2.43. The monoisotopic (exact) mass is 281 g/mol. The van der Waals surface area contributed by atoms with Crippen LogP contribution in [0.15, 0.2) is 4.52 Å². The molecule has 0 aromatic carbocycles. The summed E-state index contributed by atoms with van der Waals surface area (Å²) in [4.78, 5) is 28.7. The highest BCUT2D eigenvalue weighted by atomic mass is 16.5. The van der Waals surface area contributed by atoms with Gasteiger partial charge in [0.25, 0.3) is 11.7 Å². The smallest absolute Gasteiger partial charge is 0.295 e. The number of nitrogens with two attached hydrogens (primary N) is 1. The van der Waals surface area contributed by atoms with Crippen molar-refractivity contribution in [3.8, 4) is 0 Å². The predicted molar refractivity (Wildman–Crippen MR) is 69.6 cm³/mol. The minimum absolute atomic E-state index is 0.00712. The number of hydrogen-bond donors (Lipinski definition) is 2. The lowest BCUT2D eigenvalue weighted by atomic mass is 10.2. The van der Waals surface area contributed by atoms with Gasteiger partial charge in [0.15, 0.2) is 0 Å². The Hall–Kier alpha value is -1.96. The van der Waals surface area contributed by atoms with Gasteiger partial charge in [0.1, 0.15) is 0 Å². The van der Waals surface area contributed by atoms with E-state index in [-0.39, 0.29) is 24.5 Å². The highest BCUT2D eigenvalue weighted by molar-refractivity contribution is 5.93. The molecule has 1 atom stereocenters. The molecule has 1 fully saturated rings. The second kappa shape index (κ2) is 6.00. The van der Waals surface area contributed by atoms with E-state index in [2.05, 4.69) is 15.5 Å². The fraction of sp³-hybridized carbons (Fsp3) is 0.667. The molecule has 3 N–H and O–H groups in total. The van der Waals surface area contributed by atoms with Gasteiger partial charge in [0.05, 0.1) is 12.6 Å². The number of aromatic nitrogens is 2. The van der Waals surface area contributed by atoms with E-state index in [1.807, 2.05) is 0 Å². The van der Waals surface area contributed by atoms with Crippen molar-refractivity contribution in [3.05, 3.63) is 11.7 Å². The summed E-state index contributed by atoms with van der Waals surface area (Å²) in [6, 6.07) is -0.172. The maximum absolute atomic E-state index is 12.3. The minimum Gasteiger partial charge on any atom is -0.368 e. The zero-order valence-electron chi connectivity index (χ0n) is 11.6. The van der Waals surface area contributed by atoms with Crippen LogP contribution in [-0.4, -0.2) is 46.0 Å². The van der Waals surface area contributed by atoms with E-state index in [0.717, 1.165) is 19.4 Å². The first kappa shape index (κ1) is 14.4. The number of hydrogen-bond acceptors (Lipinski definition) is 6. The molecule has 1 aliphatic rings. The van der Waals surface area contributed by atoms with Crippen molar-refractivity contribution >= 4 is 11.8 Å². The summed E-state index contributed by atoms with van der Waals surface area (Å²) in [6.45, 7) is 4.32. The minimum atomic E-state index is -0.576. The Morgan fingerprint density at radius 2 is 2.30 bits per heavy atom. The number of rotatable bonds is 5. The molecule has 1 aliphatic heterocycles. The van der Waals surface area contributed by atoms with Gasteiger partial charge in [-0.05, 0) is 33.2 Å². The molecule has 0 bridgehead atoms. The van der Waals surface area contributed by atoms with Crippen molar-refractivity contribution in [1.29, 1.82) is 0 Å². The largest absolute Gasteiger partial charge is 0.368 e. The molecule has 1 saturated heterocycles. The Morgan fingerprint density at radius 1 is 1.55 bits per heavy atom. The van der Waals surface area contributed by atoms with Crippen molar-refractivity contribution in [2.45, 2.75) is 38.8 Å². The molecule has 1 unspecified atom stereocenters. The van der Waals surface area contributed by atoms with Crippen LogP contribution in [0.4, 0.5) is 0 Å². The van der Waals surface area contributed by atoms with Crippen LogP contribution in [0.25, 0.3) is 0 Å². The van der Waals surface area contributed by atoms with Crippen LogP contribution in [0, 0.1) is 0 Å². The van der Waals surface area contributed by atoms with Gasteiger partial charge < -0.3 is 20.5 Å². The topological polar surface area (TPSA) is 114 Å². The van der Waals surface area contributed by atoms with E-state index >= 15 is 0 Å². The molecule has 2 rings (SSSR count). The van der Waals surface area contributed by atoms with Crippen LogP contribution in [-0.2, 0) is 4.79 Å². The molecule has 2 heterocycles. The van der Waals surface area contributed by atoms with E-state index in [9.17, 15) is 9.59 Å². The molecule has 20 heavy (non-hydrogen) atoms. The number of carbonyl (C=O) groups excluding carboxylic acids is 2. The van der Waals surface area contributed by atoms with E-state index in [0.29, 0.717) is 5.89 Å². The Labute approximate surface area is 116 Å². The predicted octanol–water partition coefficient (Wildman–Crippen LogP) is -0.170. The number of nitrogens with one attached hydrogen (secondary N) is 1. The zero-order chi connectivity index (χ0) is 14.7. The van der Waals surface area contributed by atoms with Crippen molar-refractivity contribution in [3.63, 3.8) is 0 Å². The summed E-state index contributed by atoms with van der Waals surface area (Å²) in [7, 11) is 0. The molecule has 8 nitrogen and oxygen atoms in total. The first-order chi connectivity index (χ1) is 9.49. The number of carbonyl (C=O) groups is 2. The molecule has 0 spiro atoms. The lowest BCUT2D eigenvalue weighted by Gasteiger charge is -2.23. The molecule has 0 saturated carbocycles. The van der Waals surface area contributed by atoms with Crippen molar-refractivity contribution < 1.29 is 14.1 Å². The Bertz CT molecular complexity index is 493. The summed E-state index contributed by atoms with van der Waals surface area (Å²) in [5.41, 5.74) is 5.14. The van der Waals surface area contributed by atoms with Gasteiger partial charge in [-0.1, -0.05) is 5.16 Å². The quantitative estimate of drug-likeness (QED) is 0.774. The molecular formula is C12H19N5O3. The number of primary amides is 1. The summed E-state index contributed by atoms with van der Waals surface area (Å²) in [5, 5.41) is 6.92. The number of nitrogens with zero attached hydrogens (tertiary/aromatic N) is 3. The van der Waals surface area contributed by atoms with Gasteiger partial charge in [-0.25, -0.2) is 0 Å². The summed E-state index contributed by atoms with van der Waals surface area (Å²) < 4.78 is 5.12. The number of amides is 2. The van der Waals surface area contributed by atoms with Crippen LogP contribution >= 0.6 is 0 Å². The maximum atomic E-state index is 12.3. The average Bonchev–Trinajstić information content (AvgIpc) is 3.04. The van der Waals surface area contributed by atoms with Gasteiger partial charge in [-0.3, -0.25) is 9.59 Å². The third kappa shape index (κ3) is 3.13. The van der Waals surface area contributed by atoms with E-state index < -0.39 is 11.8 Å². The van der Waals surface area contributed by atoms with Crippen LogP contribution in [0.3, 0.4) is 0 Å². The highest BCUT2D eigenvalue weighted by Crippen LogP contribution is 2.21. The van der Waals surface area contributed by atoms with Gasteiger partial charge in [-0.2, -0.15) is 4.98 Å². The maximum Gasteiger partial charge on any atom is 0.295 e. The third-order valence-electron chi connectivity index (χ3n) is 3.20. The standard InChI is InChI=1S/C12H19N5O3/c1-7(2)17(6-9(13)18)12(19)10-15-11(20-16-10)8-4-3-5-14-8/h7-8,14H,3-6H2,1-2H3,(H2,13,18). The SMILES string of the molecule is CC(C)N(CC(N)=O)C(=O)c1noc(C2CCCN2)n1. The van der Waals surface area contributed by atoms with Gasteiger partial charge in [-0.15, -0.1) is 0 Å². The highest BCUT2D eigenvalue weighted by Gasteiger charge is 2.28. The summed E-state index contributed by atoms with van der Waals surface area (Å²) in [6.07, 6.45) is 1.95. The molecular weight excluding hydrogens is 262 g/mol. The Morgan fingerprint density at radius 3 is 2.85 bits per heavy atom. The average molecular weight is 281 g/mol. The molecule has 110 valence electrons. The van der Waals surface area contributed by atoms with Crippen LogP contribution < -0.4 is 11.1 Å². The van der Waals surface area contributed by atoms with Crippen molar-refractivity contribution in [2.24, 2.45) is 5.73 Å². The van der Waals surface area contributed by atoms with E-state index in [1.54, 1.807) is 13.8 Å². The fourth-order valence-corrected chi connectivity index (χ4v) is 2.14. The Kier molecular flexibility index (Phi) is 4.33. The van der Waals surface area contributed by atoms with Gasteiger partial charge in [0.2, 0.25) is 11.8 Å². The van der Waals surface area contributed by atoms with Crippen LogP contribution in [0.2, 0.25) is 0 Å². The van der Waals surface area contributed by atoms with E-state index in [4.69, 9.17) is 10.3 Å². The second-order valence-corrected chi connectivity index (χ2v) is 5.10. The summed E-state index contributed by atoms with van der Waals surface area (Å²) in [5.74, 6) is -0.655. The molecule has 0 aliphatic carbocycles. The van der Waals surface area contributed by atoms with Gasteiger partial charge in [0, 0.05) is 6.04 Å². The van der Waals surface area contributed by atoms with Crippen LogP contribution in [0.5, 0.6) is 0 Å². The first-order valence-electron chi connectivity index (χ1n) is 6.65. The molecule has 8 heteroatoms. The Balaban J connectivity index is 2.12. The zero-order valence-corrected chi connectivity index (χ0v) is 11.6. The summed E-state index contributed by atoms with van der Waals surface area (Å²) >= 11 is 0. The van der Waals surface area contributed by atoms with Crippen molar-refractivity contribution in [2.75, 3.05) is 13.1 Å². The van der Waals surface area contributed by atoms with Crippen molar-refractivity contribution in [1.82, 2.24) is 20.4 Å². The lowest BCUT2D eigenvalue weighted by molar-refractivity contribution is -0.119.